The third kappa shape index (κ3) is 7.60. The quantitative estimate of drug-likeness (QED) is 0.280. The van der Waals surface area contributed by atoms with E-state index in [0.717, 1.165) is 18.2 Å². The number of carbonyl (C=O) groups is 1. The van der Waals surface area contributed by atoms with Crippen LogP contribution in [0, 0.1) is 12.8 Å². The number of hydrogen-bond donors (Lipinski definition) is 3. The number of carbonyl (C=O) groups excluding carboxylic acids is 1. The van der Waals surface area contributed by atoms with Crippen LogP contribution in [0.4, 0.5) is 0 Å². The lowest BCUT2D eigenvalue weighted by Crippen LogP contribution is -2.42. The summed E-state index contributed by atoms with van der Waals surface area (Å²) < 4.78 is 0. The Labute approximate surface area is 147 Å². The molecule has 0 unspecified atom stereocenters. The average Bonchev–Trinajstić information content (AvgIpc) is 2.83. The van der Waals surface area contributed by atoms with Gasteiger partial charge in [0.25, 0.3) is 5.91 Å². The predicted octanol–water partition coefficient (Wildman–Crippen LogP) is 1.62. The molecule has 0 fully saturated rings. The Hall–Kier alpha value is -0.900. The molecule has 21 heavy (non-hydrogen) atoms. The van der Waals surface area contributed by atoms with Gasteiger partial charge in [-0.3, -0.25) is 9.79 Å². The van der Waals surface area contributed by atoms with Crippen LogP contribution >= 0.6 is 35.3 Å². The number of halogens is 1. The summed E-state index contributed by atoms with van der Waals surface area (Å²) in [5.74, 6) is 1.24. The molecule has 0 aliphatic heterocycles. The second kappa shape index (κ2) is 10.8. The summed E-state index contributed by atoms with van der Waals surface area (Å²) in [5.41, 5.74) is 2.45. The van der Waals surface area contributed by atoms with Crippen LogP contribution in [-0.2, 0) is 0 Å². The molecule has 1 heterocycles. The number of guanidine groups is 1. The maximum absolute atomic E-state index is 11.8. The zero-order chi connectivity index (χ0) is 15.0. The molecule has 1 aromatic heterocycles. The molecule has 1 amide bonds. The predicted molar refractivity (Wildman–Crippen MR) is 98.8 cm³/mol. The van der Waals surface area contributed by atoms with E-state index < -0.39 is 0 Å². The minimum Gasteiger partial charge on any atom is -0.356 e. The summed E-state index contributed by atoms with van der Waals surface area (Å²) in [6, 6.07) is 0. The molecule has 0 aliphatic rings. The van der Waals surface area contributed by atoms with Crippen LogP contribution in [0.3, 0.4) is 0 Å². The SMILES string of the molecule is CN=C(NCCNC(=O)c1scnc1C)NCC(C)C.I. The molecule has 120 valence electrons. The standard InChI is InChI=1S/C13H23N5OS.HI/c1-9(2)7-17-13(14-4)16-6-5-15-12(19)11-10(3)18-8-20-11;/h8-9H,5-7H2,1-4H3,(H,15,19)(H2,14,16,17);1H. The van der Waals surface area contributed by atoms with Gasteiger partial charge in [-0.15, -0.1) is 35.3 Å². The number of aromatic nitrogens is 1. The Balaban J connectivity index is 0.00000400. The summed E-state index contributed by atoms with van der Waals surface area (Å²) >= 11 is 1.36. The van der Waals surface area contributed by atoms with Crippen molar-refractivity contribution in [3.8, 4) is 0 Å². The molecule has 0 saturated heterocycles. The van der Waals surface area contributed by atoms with E-state index in [1.165, 1.54) is 11.3 Å². The number of nitrogens with one attached hydrogen (secondary N) is 3. The van der Waals surface area contributed by atoms with Crippen LogP contribution in [0.25, 0.3) is 0 Å². The molecule has 0 spiro atoms. The Bertz CT molecular complexity index is 461. The fraction of sp³-hybridized carbons (Fsp3) is 0.615. The largest absolute Gasteiger partial charge is 0.356 e. The molecular weight excluding hydrogens is 401 g/mol. The summed E-state index contributed by atoms with van der Waals surface area (Å²) in [5, 5.41) is 9.22. The number of aryl methyl sites for hydroxylation is 1. The van der Waals surface area contributed by atoms with Crippen molar-refractivity contribution in [2.45, 2.75) is 20.8 Å². The van der Waals surface area contributed by atoms with Gasteiger partial charge in [0.05, 0.1) is 11.2 Å². The van der Waals surface area contributed by atoms with Gasteiger partial charge in [-0.05, 0) is 12.8 Å². The highest BCUT2D eigenvalue weighted by atomic mass is 127. The normalized spacial score (nSPS) is 11.0. The molecule has 8 heteroatoms. The smallest absolute Gasteiger partial charge is 0.263 e. The lowest BCUT2D eigenvalue weighted by Gasteiger charge is -2.13. The third-order valence-electron chi connectivity index (χ3n) is 2.56. The van der Waals surface area contributed by atoms with Crippen molar-refractivity contribution in [1.82, 2.24) is 20.9 Å². The topological polar surface area (TPSA) is 78.4 Å². The van der Waals surface area contributed by atoms with Crippen molar-refractivity contribution in [2.24, 2.45) is 10.9 Å². The number of aliphatic imine (C=N–C) groups is 1. The summed E-state index contributed by atoms with van der Waals surface area (Å²) in [7, 11) is 1.73. The Morgan fingerprint density at radius 2 is 2.00 bits per heavy atom. The molecule has 6 nitrogen and oxygen atoms in total. The van der Waals surface area contributed by atoms with Gasteiger partial charge in [0.15, 0.2) is 5.96 Å². The van der Waals surface area contributed by atoms with Crippen molar-refractivity contribution in [1.29, 1.82) is 0 Å². The van der Waals surface area contributed by atoms with Crippen molar-refractivity contribution in [3.05, 3.63) is 16.1 Å². The van der Waals surface area contributed by atoms with Gasteiger partial charge in [-0.2, -0.15) is 0 Å². The molecule has 0 radical (unpaired) electrons. The van der Waals surface area contributed by atoms with Gasteiger partial charge in [0, 0.05) is 26.7 Å². The molecule has 0 bridgehead atoms. The second-order valence-corrected chi connectivity index (χ2v) is 5.65. The summed E-state index contributed by atoms with van der Waals surface area (Å²) in [6.07, 6.45) is 0. The number of thiazole rings is 1. The number of nitrogens with zero attached hydrogens (tertiary/aromatic N) is 2. The average molecular weight is 425 g/mol. The van der Waals surface area contributed by atoms with Crippen LogP contribution in [-0.4, -0.2) is 43.5 Å². The Morgan fingerprint density at radius 3 is 2.52 bits per heavy atom. The molecule has 0 aliphatic carbocycles. The first-order chi connectivity index (χ1) is 9.54. The van der Waals surface area contributed by atoms with E-state index in [0.29, 0.717) is 23.9 Å². The minimum atomic E-state index is -0.0723. The van der Waals surface area contributed by atoms with E-state index in [9.17, 15) is 4.79 Å². The molecule has 3 N–H and O–H groups in total. The van der Waals surface area contributed by atoms with Crippen LogP contribution < -0.4 is 16.0 Å². The first-order valence-electron chi connectivity index (χ1n) is 6.67. The van der Waals surface area contributed by atoms with Crippen LogP contribution in [0.15, 0.2) is 10.5 Å². The maximum atomic E-state index is 11.8. The molecule has 0 aromatic carbocycles. The van der Waals surface area contributed by atoms with Gasteiger partial charge in [-0.1, -0.05) is 13.8 Å². The van der Waals surface area contributed by atoms with Gasteiger partial charge in [0.2, 0.25) is 0 Å². The first-order valence-corrected chi connectivity index (χ1v) is 7.55. The molecule has 0 saturated carbocycles. The summed E-state index contributed by atoms with van der Waals surface area (Å²) in [4.78, 5) is 20.7. The van der Waals surface area contributed by atoms with Crippen molar-refractivity contribution < 1.29 is 4.79 Å². The highest BCUT2D eigenvalue weighted by molar-refractivity contribution is 14.0. The van der Waals surface area contributed by atoms with E-state index >= 15 is 0 Å². The maximum Gasteiger partial charge on any atom is 0.263 e. The summed E-state index contributed by atoms with van der Waals surface area (Å²) in [6.45, 7) is 8.14. The highest BCUT2D eigenvalue weighted by Gasteiger charge is 2.10. The first kappa shape index (κ1) is 20.1. The van der Waals surface area contributed by atoms with Crippen LogP contribution in [0.5, 0.6) is 0 Å². The molecule has 1 rings (SSSR count). The van der Waals surface area contributed by atoms with Crippen molar-refractivity contribution in [2.75, 3.05) is 26.7 Å². The van der Waals surface area contributed by atoms with E-state index in [1.807, 2.05) is 6.92 Å². The number of rotatable bonds is 6. The second-order valence-electron chi connectivity index (χ2n) is 4.80. The Morgan fingerprint density at radius 1 is 1.33 bits per heavy atom. The fourth-order valence-corrected chi connectivity index (χ4v) is 2.20. The third-order valence-corrected chi connectivity index (χ3v) is 3.48. The number of amides is 1. The van der Waals surface area contributed by atoms with Gasteiger partial charge >= 0.3 is 0 Å². The number of hydrogen-bond acceptors (Lipinski definition) is 4. The molecule has 1 aromatic rings. The fourth-order valence-electron chi connectivity index (χ4n) is 1.48. The Kier molecular flexibility index (Phi) is 10.3. The van der Waals surface area contributed by atoms with Crippen molar-refractivity contribution in [3.63, 3.8) is 0 Å². The van der Waals surface area contributed by atoms with Crippen LogP contribution in [0.2, 0.25) is 0 Å². The highest BCUT2D eigenvalue weighted by Crippen LogP contribution is 2.10. The van der Waals surface area contributed by atoms with Crippen LogP contribution in [0.1, 0.15) is 29.2 Å². The van der Waals surface area contributed by atoms with E-state index in [-0.39, 0.29) is 29.9 Å². The van der Waals surface area contributed by atoms with E-state index in [1.54, 1.807) is 12.6 Å². The lowest BCUT2D eigenvalue weighted by atomic mass is 10.2. The van der Waals surface area contributed by atoms with Gasteiger partial charge < -0.3 is 16.0 Å². The van der Waals surface area contributed by atoms with Gasteiger partial charge in [0.1, 0.15) is 4.88 Å². The van der Waals surface area contributed by atoms with Gasteiger partial charge in [-0.25, -0.2) is 4.98 Å². The molecular formula is C13H24IN5OS. The van der Waals surface area contributed by atoms with E-state index in [2.05, 4.69) is 39.8 Å². The zero-order valence-electron chi connectivity index (χ0n) is 12.9. The monoisotopic (exact) mass is 425 g/mol. The zero-order valence-corrected chi connectivity index (χ0v) is 16.0. The van der Waals surface area contributed by atoms with E-state index in [4.69, 9.17) is 0 Å². The van der Waals surface area contributed by atoms with Crippen molar-refractivity contribution >= 4 is 47.2 Å². The lowest BCUT2D eigenvalue weighted by molar-refractivity contribution is 0.0957. The molecule has 0 atom stereocenters. The minimum absolute atomic E-state index is 0.